The van der Waals surface area contributed by atoms with Gasteiger partial charge in [-0.15, -0.1) is 0 Å². The first-order valence-electron chi connectivity index (χ1n) is 38.2. The predicted octanol–water partition coefficient (Wildman–Crippen LogP) is 26.3. The quantitative estimate of drug-likeness (QED) is 0.0261. The van der Waals surface area contributed by atoms with E-state index >= 15 is 0 Å². The number of esters is 3. The van der Waals surface area contributed by atoms with E-state index in [1.54, 1.807) is 0 Å². The SMILES string of the molecule is CCCCCCCCCC/C=C\CCCCCCCCCCCCCCCCCCCCCCCC(=O)OCC(COC(=O)CCCCCCCC)OC(=O)CCCCCCCCCCCCCCCCCCCCCCCCCCCC. The average Bonchev–Trinajstić information content (AvgIpc) is 3.49. The third kappa shape index (κ3) is 70.8. The highest BCUT2D eigenvalue weighted by Crippen LogP contribution is 2.20. The Morgan fingerprint density at radius 2 is 0.398 bits per heavy atom. The summed E-state index contributed by atoms with van der Waals surface area (Å²) in [5.41, 5.74) is 0. The lowest BCUT2D eigenvalue weighted by Crippen LogP contribution is -2.30. The lowest BCUT2D eigenvalue weighted by atomic mass is 10.0. The maximum atomic E-state index is 12.9. The fourth-order valence-electron chi connectivity index (χ4n) is 12.0. The molecule has 0 aromatic heterocycles. The zero-order valence-corrected chi connectivity index (χ0v) is 56.8. The molecule has 0 saturated heterocycles. The van der Waals surface area contributed by atoms with Crippen molar-refractivity contribution in [3.05, 3.63) is 12.2 Å². The van der Waals surface area contributed by atoms with Crippen LogP contribution in [0.4, 0.5) is 0 Å². The summed E-state index contributed by atoms with van der Waals surface area (Å²) >= 11 is 0. The zero-order valence-electron chi connectivity index (χ0n) is 56.8. The van der Waals surface area contributed by atoms with Crippen LogP contribution in [0, 0.1) is 0 Å². The standard InChI is InChI=1S/C77H148O6/c1-4-7-10-13-16-18-20-22-24-26-28-30-32-34-36-37-38-39-40-41-42-44-45-47-49-51-53-55-57-59-61-64-67-70-76(79)82-73-74(72-81-75(78)69-66-63-15-12-9-6-3)83-77(80)71-68-65-62-60-58-56-54-52-50-48-46-43-35-33-31-29-27-25-23-21-19-17-14-11-8-5-2/h26,28,74H,4-25,27,29-73H2,1-3H3/b28-26-. The molecule has 0 aliphatic rings. The molecule has 6 heteroatoms. The van der Waals surface area contributed by atoms with E-state index in [0.717, 1.165) is 57.8 Å². The van der Waals surface area contributed by atoms with E-state index in [9.17, 15) is 14.4 Å². The number of allylic oxidation sites excluding steroid dienone is 2. The summed E-state index contributed by atoms with van der Waals surface area (Å²) in [4.78, 5) is 38.2. The van der Waals surface area contributed by atoms with E-state index in [0.29, 0.717) is 19.3 Å². The Kier molecular flexibility index (Phi) is 71.0. The molecule has 0 bridgehead atoms. The molecule has 0 N–H and O–H groups in total. The molecule has 0 aliphatic heterocycles. The molecule has 0 fully saturated rings. The monoisotopic (exact) mass is 1170 g/mol. The summed E-state index contributed by atoms with van der Waals surface area (Å²) in [6.07, 6.45) is 88.9. The third-order valence-corrected chi connectivity index (χ3v) is 17.8. The summed E-state index contributed by atoms with van der Waals surface area (Å²) in [7, 11) is 0. The van der Waals surface area contributed by atoms with Gasteiger partial charge in [0.1, 0.15) is 13.2 Å². The van der Waals surface area contributed by atoms with Crippen molar-refractivity contribution >= 4 is 17.9 Å². The molecule has 492 valence electrons. The Labute approximate surface area is 520 Å². The van der Waals surface area contributed by atoms with Crippen molar-refractivity contribution in [1.29, 1.82) is 0 Å². The number of hydrogen-bond acceptors (Lipinski definition) is 6. The van der Waals surface area contributed by atoms with Crippen LogP contribution in [0.1, 0.15) is 445 Å². The molecule has 0 amide bonds. The van der Waals surface area contributed by atoms with Crippen molar-refractivity contribution in [1.82, 2.24) is 0 Å². The van der Waals surface area contributed by atoms with Gasteiger partial charge in [0.15, 0.2) is 6.10 Å². The molecule has 6 nitrogen and oxygen atoms in total. The van der Waals surface area contributed by atoms with Gasteiger partial charge in [-0.1, -0.05) is 392 Å². The smallest absolute Gasteiger partial charge is 0.306 e. The minimum atomic E-state index is -0.763. The molecule has 83 heavy (non-hydrogen) atoms. The Balaban J connectivity index is 3.89. The molecule has 0 aromatic rings. The lowest BCUT2D eigenvalue weighted by molar-refractivity contribution is -0.167. The molecule has 0 aromatic carbocycles. The third-order valence-electron chi connectivity index (χ3n) is 17.8. The minimum Gasteiger partial charge on any atom is -0.462 e. The average molecular weight is 1170 g/mol. The van der Waals surface area contributed by atoms with Crippen molar-refractivity contribution in [3.8, 4) is 0 Å². The van der Waals surface area contributed by atoms with Crippen LogP contribution in [0.3, 0.4) is 0 Å². The second kappa shape index (κ2) is 72.6. The first kappa shape index (κ1) is 81.2. The Morgan fingerprint density at radius 3 is 0.602 bits per heavy atom. The van der Waals surface area contributed by atoms with Gasteiger partial charge < -0.3 is 14.2 Å². The van der Waals surface area contributed by atoms with Crippen LogP contribution in [-0.2, 0) is 28.6 Å². The zero-order chi connectivity index (χ0) is 59.9. The predicted molar refractivity (Wildman–Crippen MR) is 363 cm³/mol. The van der Waals surface area contributed by atoms with Crippen LogP contribution in [-0.4, -0.2) is 37.2 Å². The van der Waals surface area contributed by atoms with Gasteiger partial charge in [-0.25, -0.2) is 0 Å². The number of unbranched alkanes of at least 4 members (excludes halogenated alkanes) is 59. The van der Waals surface area contributed by atoms with Crippen LogP contribution in [0.5, 0.6) is 0 Å². The molecular weight excluding hydrogens is 1020 g/mol. The highest BCUT2D eigenvalue weighted by molar-refractivity contribution is 5.71. The number of rotatable bonds is 72. The van der Waals surface area contributed by atoms with Gasteiger partial charge >= 0.3 is 17.9 Å². The van der Waals surface area contributed by atoms with Crippen molar-refractivity contribution in [2.45, 2.75) is 451 Å². The Bertz CT molecular complexity index is 1300. The molecule has 0 saturated carbocycles. The highest BCUT2D eigenvalue weighted by Gasteiger charge is 2.20. The molecule has 0 radical (unpaired) electrons. The van der Waals surface area contributed by atoms with E-state index < -0.39 is 6.10 Å². The highest BCUT2D eigenvalue weighted by atomic mass is 16.6. The minimum absolute atomic E-state index is 0.0628. The first-order chi connectivity index (χ1) is 41.0. The number of hydrogen-bond donors (Lipinski definition) is 0. The van der Waals surface area contributed by atoms with E-state index in [1.807, 2.05) is 0 Å². The van der Waals surface area contributed by atoms with Gasteiger partial charge in [-0.3, -0.25) is 14.4 Å². The summed E-state index contributed by atoms with van der Waals surface area (Å²) in [6.45, 7) is 6.67. The van der Waals surface area contributed by atoms with Crippen LogP contribution in [0.15, 0.2) is 12.2 Å². The maximum Gasteiger partial charge on any atom is 0.306 e. The van der Waals surface area contributed by atoms with Gasteiger partial charge in [-0.05, 0) is 44.9 Å². The molecule has 1 atom stereocenters. The second-order valence-corrected chi connectivity index (χ2v) is 26.3. The van der Waals surface area contributed by atoms with Crippen molar-refractivity contribution in [3.63, 3.8) is 0 Å². The van der Waals surface area contributed by atoms with Crippen molar-refractivity contribution in [2.24, 2.45) is 0 Å². The molecule has 0 rings (SSSR count). The molecule has 0 spiro atoms. The fourth-order valence-corrected chi connectivity index (χ4v) is 12.0. The topological polar surface area (TPSA) is 78.9 Å². The number of ether oxygens (including phenoxy) is 3. The van der Waals surface area contributed by atoms with Crippen LogP contribution < -0.4 is 0 Å². The number of carbonyl (C=O) groups is 3. The van der Waals surface area contributed by atoms with E-state index in [-0.39, 0.29) is 31.1 Å². The van der Waals surface area contributed by atoms with E-state index in [1.165, 1.54) is 347 Å². The van der Waals surface area contributed by atoms with E-state index in [2.05, 4.69) is 32.9 Å². The maximum absolute atomic E-state index is 12.9. The van der Waals surface area contributed by atoms with Gasteiger partial charge in [-0.2, -0.15) is 0 Å². The van der Waals surface area contributed by atoms with Gasteiger partial charge in [0.25, 0.3) is 0 Å². The van der Waals surface area contributed by atoms with Crippen LogP contribution in [0.25, 0.3) is 0 Å². The summed E-state index contributed by atoms with van der Waals surface area (Å²) < 4.78 is 16.9. The van der Waals surface area contributed by atoms with Gasteiger partial charge in [0.2, 0.25) is 0 Å². The summed E-state index contributed by atoms with van der Waals surface area (Å²) in [5, 5.41) is 0. The normalized spacial score (nSPS) is 12.0. The molecule has 1 unspecified atom stereocenters. The lowest BCUT2D eigenvalue weighted by Gasteiger charge is -2.18. The van der Waals surface area contributed by atoms with Crippen LogP contribution >= 0.6 is 0 Å². The molecular formula is C77H148O6. The van der Waals surface area contributed by atoms with Gasteiger partial charge in [0, 0.05) is 19.3 Å². The molecule has 0 heterocycles. The Hall–Kier alpha value is -1.85. The number of carbonyl (C=O) groups excluding carboxylic acids is 3. The van der Waals surface area contributed by atoms with E-state index in [4.69, 9.17) is 14.2 Å². The molecule has 0 aliphatic carbocycles. The Morgan fingerprint density at radius 1 is 0.229 bits per heavy atom. The summed E-state index contributed by atoms with van der Waals surface area (Å²) in [6, 6.07) is 0. The van der Waals surface area contributed by atoms with Gasteiger partial charge in [0.05, 0.1) is 0 Å². The largest absolute Gasteiger partial charge is 0.462 e. The second-order valence-electron chi connectivity index (χ2n) is 26.3. The van der Waals surface area contributed by atoms with Crippen molar-refractivity contribution < 1.29 is 28.6 Å². The fraction of sp³-hybridized carbons (Fsp3) is 0.935. The first-order valence-corrected chi connectivity index (χ1v) is 38.2. The summed E-state index contributed by atoms with van der Waals surface area (Å²) in [5.74, 6) is -0.838. The van der Waals surface area contributed by atoms with Crippen LogP contribution in [0.2, 0.25) is 0 Å². The van der Waals surface area contributed by atoms with Crippen molar-refractivity contribution in [2.75, 3.05) is 13.2 Å².